The van der Waals surface area contributed by atoms with Crippen LogP contribution in [0.5, 0.6) is 0 Å². The molecule has 7 nitrogen and oxygen atoms in total. The number of esters is 1. The summed E-state index contributed by atoms with van der Waals surface area (Å²) in [4.78, 5) is 28.2. The number of aliphatic hydroxyl groups excluding tert-OH is 3. The Balaban J connectivity index is 1.59. The average Bonchev–Trinajstić information content (AvgIpc) is 3.35. The van der Waals surface area contributed by atoms with Crippen LogP contribution in [0.25, 0.3) is 0 Å². The number of hydrogen-bond acceptors (Lipinski definition) is 7. The third-order valence-electron chi connectivity index (χ3n) is 15.1. The molecule has 5 rings (SSSR count). The summed E-state index contributed by atoms with van der Waals surface area (Å²) in [6.07, 6.45) is 7.86. The number of fused-ring (bicyclic) bond motifs is 7. The molecule has 43 heavy (non-hydrogen) atoms. The topological polar surface area (TPSA) is 130 Å². The minimum atomic E-state index is -1.43. The Labute approximate surface area is 259 Å². The Kier molecular flexibility index (Phi) is 8.19. The first-order valence-corrected chi connectivity index (χ1v) is 16.9. The maximum Gasteiger partial charge on any atom is 0.313 e. The number of ketones is 1. The molecule has 0 aliphatic heterocycles. The molecular formula is C36H59NO6. The van der Waals surface area contributed by atoms with E-state index in [9.17, 15) is 24.9 Å². The van der Waals surface area contributed by atoms with Crippen LogP contribution in [0.1, 0.15) is 106 Å². The molecule has 0 aromatic carbocycles. The molecule has 5 N–H and O–H groups in total. The number of carbonyl (C=O) groups excluding carboxylic acids is 2. The lowest BCUT2D eigenvalue weighted by atomic mass is 9.31. The van der Waals surface area contributed by atoms with Crippen molar-refractivity contribution in [2.45, 2.75) is 118 Å². The van der Waals surface area contributed by atoms with E-state index in [-0.39, 0.29) is 57.9 Å². The van der Waals surface area contributed by atoms with Gasteiger partial charge in [-0.3, -0.25) is 9.59 Å². The smallest absolute Gasteiger partial charge is 0.313 e. The fourth-order valence-corrected chi connectivity index (χ4v) is 12.6. The highest BCUT2D eigenvalue weighted by molar-refractivity contribution is 5.89. The molecule has 5 aliphatic carbocycles. The first-order valence-electron chi connectivity index (χ1n) is 16.9. The van der Waals surface area contributed by atoms with Gasteiger partial charge in [-0.15, -0.1) is 0 Å². The van der Waals surface area contributed by atoms with Crippen LogP contribution in [0.15, 0.2) is 12.2 Å². The molecular weight excluding hydrogens is 542 g/mol. The molecule has 0 aromatic rings. The molecule has 244 valence electrons. The second-order valence-electron chi connectivity index (χ2n) is 17.2. The van der Waals surface area contributed by atoms with Gasteiger partial charge in [-0.1, -0.05) is 46.8 Å². The molecule has 0 radical (unpaired) electrons. The van der Waals surface area contributed by atoms with Gasteiger partial charge in [-0.25, -0.2) is 0 Å². The third-order valence-corrected chi connectivity index (χ3v) is 15.1. The van der Waals surface area contributed by atoms with Crippen LogP contribution < -0.4 is 5.73 Å². The van der Waals surface area contributed by atoms with Crippen molar-refractivity contribution in [2.24, 2.45) is 68.3 Å². The summed E-state index contributed by atoms with van der Waals surface area (Å²) in [6.45, 7) is 18.8. The number of Topliss-reactive ketones (excluding diaryl/α,β-unsaturated/α-hetero) is 1. The average molecular weight is 602 g/mol. The highest BCUT2D eigenvalue weighted by Gasteiger charge is 2.74. The molecule has 7 heteroatoms. The van der Waals surface area contributed by atoms with Gasteiger partial charge < -0.3 is 25.8 Å². The van der Waals surface area contributed by atoms with Gasteiger partial charge >= 0.3 is 5.97 Å². The van der Waals surface area contributed by atoms with Crippen molar-refractivity contribution in [3.05, 3.63) is 12.2 Å². The first-order chi connectivity index (χ1) is 19.9. The normalized spacial score (nSPS) is 47.0. The van der Waals surface area contributed by atoms with Crippen LogP contribution in [0.3, 0.4) is 0 Å². The highest BCUT2D eigenvalue weighted by Crippen LogP contribution is 2.78. The minimum Gasteiger partial charge on any atom is -0.463 e. The lowest BCUT2D eigenvalue weighted by molar-refractivity contribution is -0.256. The van der Waals surface area contributed by atoms with Crippen molar-refractivity contribution in [3.63, 3.8) is 0 Å². The summed E-state index contributed by atoms with van der Waals surface area (Å²) < 4.78 is 5.92. The highest BCUT2D eigenvalue weighted by atomic mass is 16.5. The second kappa shape index (κ2) is 10.6. The fraction of sp³-hybridized carbons (Fsp3) is 0.889. The maximum absolute atomic E-state index is 14.4. The van der Waals surface area contributed by atoms with Crippen molar-refractivity contribution >= 4 is 11.8 Å². The minimum absolute atomic E-state index is 0.00823. The summed E-state index contributed by atoms with van der Waals surface area (Å²) in [5.74, 6) is 0.397. The van der Waals surface area contributed by atoms with Gasteiger partial charge in [0, 0.05) is 5.92 Å². The Morgan fingerprint density at radius 3 is 2.14 bits per heavy atom. The number of ether oxygens (including phenoxy) is 1. The Morgan fingerprint density at radius 1 is 0.907 bits per heavy atom. The third kappa shape index (κ3) is 4.41. The molecule has 0 bridgehead atoms. The quantitative estimate of drug-likeness (QED) is 0.237. The van der Waals surface area contributed by atoms with Gasteiger partial charge in [0.15, 0.2) is 0 Å². The van der Waals surface area contributed by atoms with Crippen molar-refractivity contribution in [1.82, 2.24) is 0 Å². The molecule has 1 unspecified atom stereocenters. The van der Waals surface area contributed by atoms with E-state index < -0.39 is 36.1 Å². The van der Waals surface area contributed by atoms with E-state index in [2.05, 4.69) is 48.1 Å². The van der Waals surface area contributed by atoms with Crippen molar-refractivity contribution in [2.75, 3.05) is 19.8 Å². The van der Waals surface area contributed by atoms with Gasteiger partial charge in [0.05, 0.1) is 30.3 Å². The van der Waals surface area contributed by atoms with E-state index in [1.807, 2.05) is 0 Å². The van der Waals surface area contributed by atoms with E-state index in [0.717, 1.165) is 50.5 Å². The van der Waals surface area contributed by atoms with E-state index in [1.54, 1.807) is 6.92 Å². The van der Waals surface area contributed by atoms with Crippen molar-refractivity contribution in [1.29, 1.82) is 0 Å². The van der Waals surface area contributed by atoms with Crippen molar-refractivity contribution in [3.8, 4) is 0 Å². The summed E-state index contributed by atoms with van der Waals surface area (Å²) in [7, 11) is 0. The Morgan fingerprint density at radius 2 is 1.56 bits per heavy atom. The van der Waals surface area contributed by atoms with Crippen LogP contribution in [0.2, 0.25) is 0 Å². The zero-order chi connectivity index (χ0) is 32.0. The van der Waals surface area contributed by atoms with Crippen LogP contribution in [-0.4, -0.2) is 58.5 Å². The maximum atomic E-state index is 14.4. The van der Waals surface area contributed by atoms with E-state index >= 15 is 0 Å². The van der Waals surface area contributed by atoms with E-state index in [1.165, 1.54) is 0 Å². The summed E-state index contributed by atoms with van der Waals surface area (Å²) in [5.41, 5.74) is 4.62. The lowest BCUT2D eigenvalue weighted by Gasteiger charge is -2.73. The Hall–Kier alpha value is -1.28. The SMILES string of the molecule is C=C(C)[C@@H]1CC[C@]2(C(=O)OCC(N)(CO)CO)C(C(C)=O)C[C@]3(C)[C@H](CC[C@@H]4[C@@]5(C)CC[C@H](O)C(C)(C)[C@@H]5CC[C@]43C)[C@@H]12. The standard InChI is InChI=1S/C36H59NO6/c1-21(2)23-11-16-36(30(42)43-20-35(37,18-38)19-39)25(22(3)40)17-34(8)24(29(23)36)9-10-27-32(6)14-13-28(41)31(4,5)26(32)12-15-33(27,34)7/h23-29,38-39,41H,1,9-20,37H2,2-8H3/t23-,24+,25?,26-,27+,28-,29+,32-,33+,34+,36-/m0/s1. The molecule has 5 aliphatic rings. The predicted molar refractivity (Wildman–Crippen MR) is 167 cm³/mol. The predicted octanol–water partition coefficient (Wildman–Crippen LogP) is 5.05. The van der Waals surface area contributed by atoms with Crippen molar-refractivity contribution < 1.29 is 29.6 Å². The Bertz CT molecular complexity index is 1150. The molecule has 0 spiro atoms. The molecule has 0 aromatic heterocycles. The molecule has 0 saturated heterocycles. The zero-order valence-electron chi connectivity index (χ0n) is 27.9. The van der Waals surface area contributed by atoms with Crippen LogP contribution in [0, 0.1) is 62.6 Å². The number of carbonyl (C=O) groups is 2. The molecule has 5 saturated carbocycles. The monoisotopic (exact) mass is 601 g/mol. The summed E-state index contributed by atoms with van der Waals surface area (Å²) in [5, 5.41) is 30.6. The molecule has 5 fully saturated rings. The largest absolute Gasteiger partial charge is 0.463 e. The number of nitrogens with two attached hydrogens (primary N) is 1. The number of hydrogen-bond donors (Lipinski definition) is 4. The van der Waals surface area contributed by atoms with Gasteiger partial charge in [-0.2, -0.15) is 0 Å². The molecule has 0 amide bonds. The number of rotatable bonds is 7. The summed E-state index contributed by atoms with van der Waals surface area (Å²) >= 11 is 0. The van der Waals surface area contributed by atoms with Gasteiger partial charge in [0.2, 0.25) is 0 Å². The van der Waals surface area contributed by atoms with Crippen LogP contribution in [-0.2, 0) is 14.3 Å². The fourth-order valence-electron chi connectivity index (χ4n) is 12.6. The van der Waals surface area contributed by atoms with E-state index in [0.29, 0.717) is 24.7 Å². The number of allylic oxidation sites excluding steroid dienone is 1. The van der Waals surface area contributed by atoms with Gasteiger partial charge in [-0.05, 0) is 123 Å². The zero-order valence-corrected chi connectivity index (χ0v) is 27.9. The molecule has 0 heterocycles. The van der Waals surface area contributed by atoms with Gasteiger partial charge in [0.25, 0.3) is 0 Å². The first kappa shape index (κ1) is 33.1. The van der Waals surface area contributed by atoms with Crippen LogP contribution >= 0.6 is 0 Å². The molecule has 11 atom stereocenters. The van der Waals surface area contributed by atoms with Crippen LogP contribution in [0.4, 0.5) is 0 Å². The summed E-state index contributed by atoms with van der Waals surface area (Å²) in [6, 6.07) is 0. The number of aliphatic hydroxyl groups is 3. The van der Waals surface area contributed by atoms with E-state index in [4.69, 9.17) is 10.5 Å². The van der Waals surface area contributed by atoms with Gasteiger partial charge in [0.1, 0.15) is 12.4 Å². The second-order valence-corrected chi connectivity index (χ2v) is 17.2. The lowest BCUT2D eigenvalue weighted by Crippen LogP contribution is -2.69.